The average molecular weight is 499 g/mol. The standard InChI is InChI=1S/C21H31N4O6PS/c1-13(2)21(26)33-7-6-27-12-29-32-31-16-8-18(30-17(16)9-28-14(3)4)25-11-24-19-15(5)22-10-23-20(19)25/h10-11,13,16-18,32H,3,6-9,12H2,1-2,4-5H3. The fraction of sp³-hybridized carbons (Fsp3) is 0.619. The molecule has 0 aliphatic carbocycles. The second-order valence-electron chi connectivity index (χ2n) is 7.89. The number of aromatic nitrogens is 4. The van der Waals surface area contributed by atoms with Crippen molar-refractivity contribution in [3.8, 4) is 0 Å². The van der Waals surface area contributed by atoms with E-state index >= 15 is 0 Å². The molecule has 0 bridgehead atoms. The lowest BCUT2D eigenvalue weighted by Crippen LogP contribution is -2.27. The Balaban J connectivity index is 1.48. The predicted molar refractivity (Wildman–Crippen MR) is 127 cm³/mol. The summed E-state index contributed by atoms with van der Waals surface area (Å²) in [6.07, 6.45) is 2.97. The molecule has 0 amide bonds. The molecule has 0 N–H and O–H groups in total. The van der Waals surface area contributed by atoms with Crippen LogP contribution in [-0.4, -0.2) is 62.6 Å². The molecule has 2 aromatic heterocycles. The van der Waals surface area contributed by atoms with Gasteiger partial charge in [-0.3, -0.25) is 9.36 Å². The van der Waals surface area contributed by atoms with E-state index in [9.17, 15) is 4.79 Å². The second kappa shape index (κ2) is 12.7. The van der Waals surface area contributed by atoms with Crippen LogP contribution in [0.4, 0.5) is 0 Å². The van der Waals surface area contributed by atoms with Crippen LogP contribution in [-0.2, 0) is 28.1 Å². The first kappa shape index (κ1) is 26.0. The van der Waals surface area contributed by atoms with E-state index in [2.05, 4.69) is 21.5 Å². The number of carbonyl (C=O) groups is 1. The molecule has 3 rings (SSSR count). The monoisotopic (exact) mass is 498 g/mol. The van der Waals surface area contributed by atoms with Gasteiger partial charge >= 0.3 is 0 Å². The highest BCUT2D eigenvalue weighted by atomic mass is 32.2. The Hall–Kier alpha value is -1.62. The number of allylic oxidation sites excluding steroid dienone is 1. The highest BCUT2D eigenvalue weighted by Crippen LogP contribution is 2.36. The molecule has 1 aliphatic heterocycles. The van der Waals surface area contributed by atoms with Crippen molar-refractivity contribution in [1.29, 1.82) is 0 Å². The maximum Gasteiger partial charge on any atom is 0.191 e. The number of rotatable bonds is 13. The molecule has 0 aromatic carbocycles. The van der Waals surface area contributed by atoms with Crippen LogP contribution in [0.15, 0.2) is 25.0 Å². The topological polar surface area (TPSA) is 107 Å². The first-order valence-electron chi connectivity index (χ1n) is 10.7. The molecule has 1 saturated heterocycles. The summed E-state index contributed by atoms with van der Waals surface area (Å²) in [6.45, 7) is 12.1. The van der Waals surface area contributed by atoms with Crippen LogP contribution in [0, 0.1) is 12.8 Å². The van der Waals surface area contributed by atoms with Crippen molar-refractivity contribution >= 4 is 37.1 Å². The van der Waals surface area contributed by atoms with Gasteiger partial charge in [0.2, 0.25) is 0 Å². The number of ether oxygens (including phenoxy) is 3. The summed E-state index contributed by atoms with van der Waals surface area (Å²) in [5, 5.41) is 0.163. The second-order valence-corrected chi connectivity index (χ2v) is 9.68. The number of aryl methyl sites for hydroxylation is 1. The summed E-state index contributed by atoms with van der Waals surface area (Å²) in [5.41, 5.74) is 2.28. The lowest BCUT2D eigenvalue weighted by molar-refractivity contribution is -0.113. The zero-order chi connectivity index (χ0) is 23.8. The minimum absolute atomic E-state index is 0.0252. The number of fused-ring (bicyclic) bond motifs is 1. The van der Waals surface area contributed by atoms with Gasteiger partial charge in [0.15, 0.2) is 26.6 Å². The Morgan fingerprint density at radius 3 is 2.97 bits per heavy atom. The van der Waals surface area contributed by atoms with E-state index in [1.807, 2.05) is 25.3 Å². The third kappa shape index (κ3) is 7.43. The van der Waals surface area contributed by atoms with Crippen LogP contribution in [0.1, 0.15) is 39.1 Å². The molecular weight excluding hydrogens is 467 g/mol. The molecule has 12 heteroatoms. The molecule has 4 atom stereocenters. The minimum atomic E-state index is -0.303. The Labute approximate surface area is 199 Å². The normalized spacial score (nSPS) is 20.9. The van der Waals surface area contributed by atoms with E-state index in [-0.39, 0.29) is 45.3 Å². The smallest absolute Gasteiger partial charge is 0.191 e. The van der Waals surface area contributed by atoms with Gasteiger partial charge in [0, 0.05) is 18.1 Å². The van der Waals surface area contributed by atoms with Crippen molar-refractivity contribution in [1.82, 2.24) is 19.5 Å². The minimum Gasteiger partial charge on any atom is -0.496 e. The van der Waals surface area contributed by atoms with Crippen molar-refractivity contribution in [3.05, 3.63) is 30.7 Å². The Morgan fingerprint density at radius 1 is 1.39 bits per heavy atom. The highest BCUT2D eigenvalue weighted by Gasteiger charge is 2.38. The lowest BCUT2D eigenvalue weighted by atomic mass is 10.2. The van der Waals surface area contributed by atoms with Crippen LogP contribution < -0.4 is 0 Å². The number of imidazole rings is 1. The molecule has 33 heavy (non-hydrogen) atoms. The number of hydrogen-bond donors (Lipinski definition) is 0. The summed E-state index contributed by atoms with van der Waals surface area (Å²) in [7, 11) is -0.219. The molecule has 0 radical (unpaired) electrons. The number of hydrogen-bond acceptors (Lipinski definition) is 10. The quantitative estimate of drug-likeness (QED) is 0.175. The van der Waals surface area contributed by atoms with Gasteiger partial charge in [-0.2, -0.15) is 0 Å². The fourth-order valence-electron chi connectivity index (χ4n) is 3.14. The van der Waals surface area contributed by atoms with E-state index in [1.54, 1.807) is 13.3 Å². The van der Waals surface area contributed by atoms with Gasteiger partial charge in [-0.05, 0) is 13.8 Å². The van der Waals surface area contributed by atoms with Crippen molar-refractivity contribution in [2.75, 3.05) is 25.8 Å². The van der Waals surface area contributed by atoms with Gasteiger partial charge in [-0.15, -0.1) is 0 Å². The average Bonchev–Trinajstić information content (AvgIpc) is 3.38. The number of nitrogens with zero attached hydrogens (tertiary/aromatic N) is 4. The van der Waals surface area contributed by atoms with E-state index < -0.39 is 0 Å². The SMILES string of the molecule is C=C(C)OCC1OC(n2cnc3c(C)ncnc32)CC1OPOCOCCSC(=O)C(C)C. The van der Waals surface area contributed by atoms with Gasteiger partial charge < -0.3 is 23.3 Å². The maximum absolute atomic E-state index is 11.6. The fourth-order valence-corrected chi connectivity index (χ4v) is 4.44. The zero-order valence-corrected chi connectivity index (χ0v) is 21.2. The lowest BCUT2D eigenvalue weighted by Gasteiger charge is -2.19. The molecule has 0 saturated carbocycles. The molecule has 1 aliphatic rings. The molecule has 1 fully saturated rings. The predicted octanol–water partition coefficient (Wildman–Crippen LogP) is 3.77. The Morgan fingerprint density at radius 2 is 2.21 bits per heavy atom. The van der Waals surface area contributed by atoms with Crippen molar-refractivity contribution in [2.24, 2.45) is 5.92 Å². The van der Waals surface area contributed by atoms with Gasteiger partial charge in [0.05, 0.1) is 30.5 Å². The van der Waals surface area contributed by atoms with E-state index in [0.717, 1.165) is 11.2 Å². The number of carbonyl (C=O) groups excluding carboxylic acids is 1. The third-order valence-electron chi connectivity index (χ3n) is 4.87. The highest BCUT2D eigenvalue weighted by molar-refractivity contribution is 8.13. The first-order chi connectivity index (χ1) is 15.9. The summed E-state index contributed by atoms with van der Waals surface area (Å²) >= 11 is 1.27. The van der Waals surface area contributed by atoms with Crippen molar-refractivity contribution in [3.63, 3.8) is 0 Å². The summed E-state index contributed by atoms with van der Waals surface area (Å²) in [5.74, 6) is 1.24. The first-order valence-corrected chi connectivity index (χ1v) is 12.5. The van der Waals surface area contributed by atoms with Crippen LogP contribution in [0.3, 0.4) is 0 Å². The van der Waals surface area contributed by atoms with Crippen LogP contribution >= 0.6 is 20.8 Å². The summed E-state index contributed by atoms with van der Waals surface area (Å²) in [4.78, 5) is 24.6. The molecule has 2 aromatic rings. The summed E-state index contributed by atoms with van der Waals surface area (Å²) in [6, 6.07) is 0. The molecular formula is C21H31N4O6PS. The Bertz CT molecular complexity index is 943. The van der Waals surface area contributed by atoms with Crippen LogP contribution in [0.25, 0.3) is 11.2 Å². The van der Waals surface area contributed by atoms with E-state index in [1.165, 1.54) is 18.1 Å². The zero-order valence-electron chi connectivity index (χ0n) is 19.4. The number of thioether (sulfide) groups is 1. The van der Waals surface area contributed by atoms with Crippen LogP contribution in [0.5, 0.6) is 0 Å². The largest absolute Gasteiger partial charge is 0.496 e. The Kier molecular flexibility index (Phi) is 10.0. The van der Waals surface area contributed by atoms with E-state index in [0.29, 0.717) is 36.8 Å². The summed E-state index contributed by atoms with van der Waals surface area (Å²) < 4.78 is 30.5. The van der Waals surface area contributed by atoms with Crippen molar-refractivity contribution in [2.45, 2.75) is 52.6 Å². The molecule has 4 unspecified atom stereocenters. The molecule has 182 valence electrons. The van der Waals surface area contributed by atoms with Gasteiger partial charge in [0.1, 0.15) is 30.8 Å². The third-order valence-corrected chi connectivity index (χ3v) is 6.63. The van der Waals surface area contributed by atoms with Gasteiger partial charge in [-0.25, -0.2) is 15.0 Å². The van der Waals surface area contributed by atoms with Gasteiger partial charge in [0.25, 0.3) is 0 Å². The molecule has 3 heterocycles. The molecule has 10 nitrogen and oxygen atoms in total. The maximum atomic E-state index is 11.6. The van der Waals surface area contributed by atoms with E-state index in [4.69, 9.17) is 23.3 Å². The van der Waals surface area contributed by atoms with Crippen LogP contribution in [0.2, 0.25) is 0 Å². The van der Waals surface area contributed by atoms with Crippen molar-refractivity contribution < 1.29 is 28.1 Å². The van der Waals surface area contributed by atoms with Gasteiger partial charge in [-0.1, -0.05) is 32.2 Å². The molecule has 0 spiro atoms.